The van der Waals surface area contributed by atoms with Crippen molar-refractivity contribution in [3.05, 3.63) is 47.4 Å². The fourth-order valence-electron chi connectivity index (χ4n) is 1.45. The molecule has 4 heteroatoms. The molecule has 1 heterocycles. The number of aromatic nitrogens is 2. The molecule has 1 N–H and O–H groups in total. The number of hydrogen-bond acceptors (Lipinski definition) is 4. The van der Waals surface area contributed by atoms with Crippen LogP contribution < -0.4 is 5.32 Å². The lowest BCUT2D eigenvalue weighted by Crippen LogP contribution is -1.96. The highest BCUT2D eigenvalue weighted by Crippen LogP contribution is 2.18. The minimum Gasteiger partial charge on any atom is -0.340 e. The molecule has 2 aromatic rings. The van der Waals surface area contributed by atoms with Gasteiger partial charge in [-0.3, -0.25) is 0 Å². The van der Waals surface area contributed by atoms with Gasteiger partial charge in [0.05, 0.1) is 0 Å². The molecule has 0 fully saturated rings. The highest BCUT2D eigenvalue weighted by molar-refractivity contribution is 5.58. The van der Waals surface area contributed by atoms with E-state index in [1.54, 1.807) is 6.07 Å². The van der Waals surface area contributed by atoms with Crippen LogP contribution in [-0.2, 0) is 0 Å². The van der Waals surface area contributed by atoms with Crippen molar-refractivity contribution in [2.45, 2.75) is 13.8 Å². The molecule has 0 saturated carbocycles. The van der Waals surface area contributed by atoms with Gasteiger partial charge in [-0.05, 0) is 37.1 Å². The summed E-state index contributed by atoms with van der Waals surface area (Å²) in [6, 6.07) is 9.68. The first kappa shape index (κ1) is 11.1. The van der Waals surface area contributed by atoms with Gasteiger partial charge in [0, 0.05) is 11.8 Å². The van der Waals surface area contributed by atoms with Crippen molar-refractivity contribution in [2.24, 2.45) is 0 Å². The number of nitrogens with one attached hydrogen (secondary N) is 1. The summed E-state index contributed by atoms with van der Waals surface area (Å²) < 4.78 is 0. The highest BCUT2D eigenvalue weighted by Gasteiger charge is 2.00. The smallest absolute Gasteiger partial charge is 0.145 e. The molecule has 0 amide bonds. The summed E-state index contributed by atoms with van der Waals surface area (Å²) in [7, 11) is 0. The Morgan fingerprint density at radius 2 is 1.94 bits per heavy atom. The maximum absolute atomic E-state index is 8.74. The first-order valence-electron chi connectivity index (χ1n) is 5.25. The summed E-state index contributed by atoms with van der Waals surface area (Å²) in [5.41, 5.74) is 3.77. The maximum atomic E-state index is 8.74. The third-order valence-electron chi connectivity index (χ3n) is 2.56. The number of rotatable bonds is 2. The van der Waals surface area contributed by atoms with Crippen molar-refractivity contribution in [3.8, 4) is 6.07 Å². The average Bonchev–Trinajstić information content (AvgIpc) is 2.34. The van der Waals surface area contributed by atoms with Crippen LogP contribution in [0.5, 0.6) is 0 Å². The number of nitriles is 1. The van der Waals surface area contributed by atoms with Gasteiger partial charge in [-0.1, -0.05) is 6.07 Å². The van der Waals surface area contributed by atoms with Gasteiger partial charge in [0.1, 0.15) is 23.9 Å². The van der Waals surface area contributed by atoms with E-state index in [1.165, 1.54) is 17.5 Å². The third kappa shape index (κ3) is 2.58. The lowest BCUT2D eigenvalue weighted by molar-refractivity contribution is 1.14. The van der Waals surface area contributed by atoms with Crippen LogP contribution in [0.2, 0.25) is 0 Å². The summed E-state index contributed by atoms with van der Waals surface area (Å²) in [6.07, 6.45) is 1.38. The van der Waals surface area contributed by atoms with Gasteiger partial charge in [-0.2, -0.15) is 5.26 Å². The number of benzene rings is 1. The second-order valence-electron chi connectivity index (χ2n) is 3.82. The lowest BCUT2D eigenvalue weighted by Gasteiger charge is -2.07. The van der Waals surface area contributed by atoms with E-state index in [2.05, 4.69) is 29.1 Å². The van der Waals surface area contributed by atoms with Crippen molar-refractivity contribution in [1.82, 2.24) is 9.97 Å². The van der Waals surface area contributed by atoms with Gasteiger partial charge in [-0.25, -0.2) is 9.97 Å². The van der Waals surface area contributed by atoms with E-state index in [1.807, 2.05) is 24.3 Å². The first-order chi connectivity index (χ1) is 8.19. The molecule has 2 rings (SSSR count). The predicted octanol–water partition coefficient (Wildman–Crippen LogP) is 2.71. The molecule has 4 nitrogen and oxygen atoms in total. The largest absolute Gasteiger partial charge is 0.340 e. The Morgan fingerprint density at radius 3 is 2.65 bits per heavy atom. The van der Waals surface area contributed by atoms with E-state index in [4.69, 9.17) is 5.26 Å². The van der Waals surface area contributed by atoms with Crippen molar-refractivity contribution in [2.75, 3.05) is 5.32 Å². The number of aryl methyl sites for hydroxylation is 2. The molecule has 0 aliphatic heterocycles. The molecule has 0 unspecified atom stereocenters. The standard InChI is InChI=1S/C13H12N4/c1-9-3-4-11(5-10(9)2)17-13-6-12(7-14)15-8-16-13/h3-6,8H,1-2H3,(H,15,16,17). The lowest BCUT2D eigenvalue weighted by atomic mass is 10.1. The van der Waals surface area contributed by atoms with E-state index in [0.717, 1.165) is 5.69 Å². The zero-order chi connectivity index (χ0) is 12.3. The Balaban J connectivity index is 2.25. The Kier molecular flexibility index (Phi) is 3.01. The molecule has 84 valence electrons. The Hall–Kier alpha value is -2.41. The molecule has 17 heavy (non-hydrogen) atoms. The van der Waals surface area contributed by atoms with Gasteiger partial charge in [0.25, 0.3) is 0 Å². The molecule has 1 aromatic carbocycles. The molecule has 1 aromatic heterocycles. The molecular weight excluding hydrogens is 212 g/mol. The van der Waals surface area contributed by atoms with E-state index in [-0.39, 0.29) is 0 Å². The van der Waals surface area contributed by atoms with E-state index < -0.39 is 0 Å². The SMILES string of the molecule is Cc1ccc(Nc2cc(C#N)ncn2)cc1C. The minimum absolute atomic E-state index is 0.353. The Labute approximate surface area is 100.0 Å². The summed E-state index contributed by atoms with van der Waals surface area (Å²) in [4.78, 5) is 7.88. The van der Waals surface area contributed by atoms with E-state index >= 15 is 0 Å². The van der Waals surface area contributed by atoms with Gasteiger partial charge in [0.15, 0.2) is 0 Å². The van der Waals surface area contributed by atoms with Crippen molar-refractivity contribution < 1.29 is 0 Å². The molecule has 0 saturated heterocycles. The molecule has 0 radical (unpaired) electrons. The molecule has 0 spiro atoms. The first-order valence-corrected chi connectivity index (χ1v) is 5.25. The average molecular weight is 224 g/mol. The summed E-state index contributed by atoms with van der Waals surface area (Å²) in [5.74, 6) is 0.625. The van der Waals surface area contributed by atoms with Crippen LogP contribution in [0.4, 0.5) is 11.5 Å². The third-order valence-corrected chi connectivity index (χ3v) is 2.56. The predicted molar refractivity (Wildman–Crippen MR) is 65.9 cm³/mol. The van der Waals surface area contributed by atoms with Crippen LogP contribution in [0, 0.1) is 25.2 Å². The van der Waals surface area contributed by atoms with E-state index in [0.29, 0.717) is 11.5 Å². The monoisotopic (exact) mass is 224 g/mol. The minimum atomic E-state index is 0.353. The van der Waals surface area contributed by atoms with Gasteiger partial charge in [0.2, 0.25) is 0 Å². The summed E-state index contributed by atoms with van der Waals surface area (Å²) >= 11 is 0. The number of nitrogens with zero attached hydrogens (tertiary/aromatic N) is 3. The molecule has 0 bridgehead atoms. The van der Waals surface area contributed by atoms with Crippen molar-refractivity contribution in [3.63, 3.8) is 0 Å². The summed E-state index contributed by atoms with van der Waals surface area (Å²) in [6.45, 7) is 4.12. The Bertz CT molecular complexity index is 584. The van der Waals surface area contributed by atoms with Crippen LogP contribution in [0.1, 0.15) is 16.8 Å². The fourth-order valence-corrected chi connectivity index (χ4v) is 1.45. The van der Waals surface area contributed by atoms with Crippen molar-refractivity contribution in [1.29, 1.82) is 5.26 Å². The van der Waals surface area contributed by atoms with Crippen LogP contribution >= 0.6 is 0 Å². The molecule has 0 aliphatic rings. The second-order valence-corrected chi connectivity index (χ2v) is 3.82. The zero-order valence-corrected chi connectivity index (χ0v) is 9.73. The van der Waals surface area contributed by atoms with Crippen LogP contribution in [-0.4, -0.2) is 9.97 Å². The molecule has 0 aliphatic carbocycles. The van der Waals surface area contributed by atoms with Crippen LogP contribution in [0.15, 0.2) is 30.6 Å². The van der Waals surface area contributed by atoms with Crippen LogP contribution in [0.3, 0.4) is 0 Å². The topological polar surface area (TPSA) is 61.6 Å². The fraction of sp³-hybridized carbons (Fsp3) is 0.154. The van der Waals surface area contributed by atoms with Gasteiger partial charge in [-0.15, -0.1) is 0 Å². The highest BCUT2D eigenvalue weighted by atomic mass is 15.0. The van der Waals surface area contributed by atoms with Crippen LogP contribution in [0.25, 0.3) is 0 Å². The normalized spacial score (nSPS) is 9.71. The van der Waals surface area contributed by atoms with E-state index in [9.17, 15) is 0 Å². The zero-order valence-electron chi connectivity index (χ0n) is 9.73. The summed E-state index contributed by atoms with van der Waals surface area (Å²) in [5, 5.41) is 11.9. The number of anilines is 2. The second kappa shape index (κ2) is 4.62. The maximum Gasteiger partial charge on any atom is 0.145 e. The number of hydrogen-bond donors (Lipinski definition) is 1. The quantitative estimate of drug-likeness (QED) is 0.851. The Morgan fingerprint density at radius 1 is 1.12 bits per heavy atom. The molecular formula is C13H12N4. The van der Waals surface area contributed by atoms with Gasteiger partial charge < -0.3 is 5.32 Å². The molecule has 0 atom stereocenters. The van der Waals surface area contributed by atoms with Gasteiger partial charge >= 0.3 is 0 Å². The van der Waals surface area contributed by atoms with Crippen molar-refractivity contribution >= 4 is 11.5 Å².